The van der Waals surface area contributed by atoms with Crippen LogP contribution in [0.15, 0.2) is 0 Å². The predicted molar refractivity (Wildman–Crippen MR) is 80.4 cm³/mol. The molecule has 0 saturated carbocycles. The van der Waals surface area contributed by atoms with Crippen molar-refractivity contribution in [1.82, 2.24) is 9.80 Å². The summed E-state index contributed by atoms with van der Waals surface area (Å²) in [6.45, 7) is 14.3. The molecule has 0 spiro atoms. The number of carbonyl (C=O) groups is 1. The second kappa shape index (κ2) is 7.13. The van der Waals surface area contributed by atoms with Gasteiger partial charge in [-0.3, -0.25) is 0 Å². The van der Waals surface area contributed by atoms with Crippen molar-refractivity contribution in [2.75, 3.05) is 14.1 Å². The van der Waals surface area contributed by atoms with Crippen LogP contribution in [0.2, 0.25) is 0 Å². The molecular formula is C15H32N2O2. The highest BCUT2D eigenvalue weighted by molar-refractivity contribution is 5.68. The Bertz CT molecular complexity index is 284. The second-order valence-corrected chi connectivity index (χ2v) is 6.78. The summed E-state index contributed by atoms with van der Waals surface area (Å²) in [5.74, 6) is 0. The van der Waals surface area contributed by atoms with Crippen molar-refractivity contribution in [1.29, 1.82) is 0 Å². The van der Waals surface area contributed by atoms with E-state index in [1.54, 1.807) is 11.9 Å². The summed E-state index contributed by atoms with van der Waals surface area (Å²) < 4.78 is 5.38. The van der Waals surface area contributed by atoms with Gasteiger partial charge >= 0.3 is 6.09 Å². The summed E-state index contributed by atoms with van der Waals surface area (Å²) in [6.07, 6.45) is 0.684. The van der Waals surface area contributed by atoms with E-state index < -0.39 is 5.60 Å². The van der Waals surface area contributed by atoms with Crippen molar-refractivity contribution in [3.63, 3.8) is 0 Å². The molecular weight excluding hydrogens is 240 g/mol. The van der Waals surface area contributed by atoms with Gasteiger partial charge in [0.15, 0.2) is 0 Å². The van der Waals surface area contributed by atoms with Crippen LogP contribution in [0.25, 0.3) is 0 Å². The molecule has 0 bridgehead atoms. The highest BCUT2D eigenvalue weighted by Gasteiger charge is 2.25. The van der Waals surface area contributed by atoms with E-state index in [-0.39, 0.29) is 12.1 Å². The molecule has 4 nitrogen and oxygen atoms in total. The predicted octanol–water partition coefficient (Wildman–Crippen LogP) is 3.36. The van der Waals surface area contributed by atoms with Gasteiger partial charge in [0.1, 0.15) is 5.60 Å². The lowest BCUT2D eigenvalue weighted by molar-refractivity contribution is 0.0206. The molecule has 2 atom stereocenters. The average molecular weight is 272 g/mol. The standard InChI is InChI=1S/C15H32N2O2/c1-11(2)16(8)12(3)10-13(4)17(9)14(18)19-15(5,6)7/h11-13H,10H2,1-9H3. The average Bonchev–Trinajstić information content (AvgIpc) is 2.23. The smallest absolute Gasteiger partial charge is 0.410 e. The SMILES string of the molecule is CC(CC(C)N(C)C(C)C)N(C)C(=O)OC(C)(C)C. The minimum atomic E-state index is -0.439. The van der Waals surface area contributed by atoms with E-state index in [2.05, 4.69) is 39.6 Å². The number of rotatable bonds is 5. The minimum Gasteiger partial charge on any atom is -0.444 e. The van der Waals surface area contributed by atoms with E-state index in [1.807, 2.05) is 20.8 Å². The molecule has 19 heavy (non-hydrogen) atoms. The molecule has 0 aromatic carbocycles. The summed E-state index contributed by atoms with van der Waals surface area (Å²) in [4.78, 5) is 16.0. The monoisotopic (exact) mass is 272 g/mol. The first-order valence-corrected chi connectivity index (χ1v) is 7.13. The largest absolute Gasteiger partial charge is 0.444 e. The molecule has 0 aliphatic rings. The maximum atomic E-state index is 12.0. The topological polar surface area (TPSA) is 32.8 Å². The van der Waals surface area contributed by atoms with Crippen LogP contribution in [0.3, 0.4) is 0 Å². The first kappa shape index (κ1) is 18.2. The van der Waals surface area contributed by atoms with Gasteiger partial charge < -0.3 is 14.5 Å². The van der Waals surface area contributed by atoms with E-state index in [0.29, 0.717) is 12.1 Å². The van der Waals surface area contributed by atoms with Crippen LogP contribution in [0.1, 0.15) is 54.9 Å². The molecule has 0 radical (unpaired) electrons. The fourth-order valence-corrected chi connectivity index (χ4v) is 1.84. The van der Waals surface area contributed by atoms with Crippen LogP contribution in [-0.4, -0.2) is 53.7 Å². The second-order valence-electron chi connectivity index (χ2n) is 6.78. The maximum absolute atomic E-state index is 12.0. The Morgan fingerprint density at radius 2 is 1.53 bits per heavy atom. The molecule has 0 aromatic rings. The van der Waals surface area contributed by atoms with Crippen LogP contribution in [0.4, 0.5) is 4.79 Å². The number of hydrogen-bond donors (Lipinski definition) is 0. The number of carbonyl (C=O) groups excluding carboxylic acids is 1. The third kappa shape index (κ3) is 6.81. The lowest BCUT2D eigenvalue weighted by atomic mass is 10.1. The van der Waals surface area contributed by atoms with Crippen LogP contribution >= 0.6 is 0 Å². The van der Waals surface area contributed by atoms with Crippen molar-refractivity contribution < 1.29 is 9.53 Å². The molecule has 0 fully saturated rings. The first-order chi connectivity index (χ1) is 8.45. The molecule has 0 aliphatic heterocycles. The van der Waals surface area contributed by atoms with Crippen molar-refractivity contribution >= 4 is 6.09 Å². The van der Waals surface area contributed by atoms with E-state index in [1.165, 1.54) is 0 Å². The molecule has 0 rings (SSSR count). The van der Waals surface area contributed by atoms with E-state index in [9.17, 15) is 4.79 Å². The third-order valence-corrected chi connectivity index (χ3v) is 3.53. The molecule has 0 aromatic heterocycles. The molecule has 114 valence electrons. The Labute approximate surface area is 119 Å². The van der Waals surface area contributed by atoms with Gasteiger partial charge in [-0.25, -0.2) is 4.79 Å². The van der Waals surface area contributed by atoms with E-state index >= 15 is 0 Å². The molecule has 0 aliphatic carbocycles. The molecule has 0 N–H and O–H groups in total. The lowest BCUT2D eigenvalue weighted by Gasteiger charge is -2.34. The van der Waals surface area contributed by atoms with Gasteiger partial charge in [0.25, 0.3) is 0 Å². The van der Waals surface area contributed by atoms with Gasteiger partial charge in [0.05, 0.1) is 0 Å². The van der Waals surface area contributed by atoms with Gasteiger partial charge in [-0.1, -0.05) is 0 Å². The van der Waals surface area contributed by atoms with Crippen LogP contribution < -0.4 is 0 Å². The van der Waals surface area contributed by atoms with Gasteiger partial charge in [-0.05, 0) is 61.9 Å². The number of nitrogens with zero attached hydrogens (tertiary/aromatic N) is 2. The zero-order valence-electron chi connectivity index (χ0n) is 14.2. The molecule has 0 saturated heterocycles. The summed E-state index contributed by atoms with van der Waals surface area (Å²) in [5, 5.41) is 0. The zero-order chi connectivity index (χ0) is 15.4. The minimum absolute atomic E-state index is 0.158. The fraction of sp³-hybridized carbons (Fsp3) is 0.933. The molecule has 4 heteroatoms. The Kier molecular flexibility index (Phi) is 6.84. The maximum Gasteiger partial charge on any atom is 0.410 e. The van der Waals surface area contributed by atoms with Crippen LogP contribution in [0, 0.1) is 0 Å². The lowest BCUT2D eigenvalue weighted by Crippen LogP contribution is -2.44. The summed E-state index contributed by atoms with van der Waals surface area (Å²) in [5.41, 5.74) is -0.439. The highest BCUT2D eigenvalue weighted by atomic mass is 16.6. The van der Waals surface area contributed by atoms with Gasteiger partial charge in [-0.2, -0.15) is 0 Å². The molecule has 0 heterocycles. The quantitative estimate of drug-likeness (QED) is 0.769. The number of hydrogen-bond acceptors (Lipinski definition) is 3. The van der Waals surface area contributed by atoms with Crippen molar-refractivity contribution in [2.24, 2.45) is 0 Å². The summed E-state index contributed by atoms with van der Waals surface area (Å²) in [6, 6.07) is 1.10. The van der Waals surface area contributed by atoms with Crippen LogP contribution in [-0.2, 0) is 4.74 Å². The van der Waals surface area contributed by atoms with E-state index in [0.717, 1.165) is 6.42 Å². The number of ether oxygens (including phenoxy) is 1. The first-order valence-electron chi connectivity index (χ1n) is 7.13. The third-order valence-electron chi connectivity index (χ3n) is 3.53. The van der Waals surface area contributed by atoms with E-state index in [4.69, 9.17) is 4.74 Å². The van der Waals surface area contributed by atoms with Crippen molar-refractivity contribution in [2.45, 2.75) is 78.6 Å². The molecule has 1 amide bonds. The Morgan fingerprint density at radius 3 is 1.89 bits per heavy atom. The normalized spacial score (nSPS) is 15.5. The summed E-state index contributed by atoms with van der Waals surface area (Å²) >= 11 is 0. The Balaban J connectivity index is 4.41. The fourth-order valence-electron chi connectivity index (χ4n) is 1.84. The van der Waals surface area contributed by atoms with Gasteiger partial charge in [0, 0.05) is 25.2 Å². The Morgan fingerprint density at radius 1 is 1.05 bits per heavy atom. The Hall–Kier alpha value is -0.770. The molecule has 2 unspecified atom stereocenters. The van der Waals surface area contributed by atoms with Gasteiger partial charge in [-0.15, -0.1) is 0 Å². The van der Waals surface area contributed by atoms with Crippen LogP contribution in [0.5, 0.6) is 0 Å². The zero-order valence-corrected chi connectivity index (χ0v) is 14.2. The highest BCUT2D eigenvalue weighted by Crippen LogP contribution is 2.15. The number of amides is 1. The van der Waals surface area contributed by atoms with Gasteiger partial charge in [0.2, 0.25) is 0 Å². The summed E-state index contributed by atoms with van der Waals surface area (Å²) in [7, 11) is 3.93. The van der Waals surface area contributed by atoms with Crippen molar-refractivity contribution in [3.8, 4) is 0 Å². The van der Waals surface area contributed by atoms with Crippen molar-refractivity contribution in [3.05, 3.63) is 0 Å².